The molecule has 9 nitrogen and oxygen atoms in total. The van der Waals surface area contributed by atoms with Gasteiger partial charge in [0.25, 0.3) is 11.8 Å². The lowest BCUT2D eigenvalue weighted by Gasteiger charge is -2.27. The van der Waals surface area contributed by atoms with Crippen molar-refractivity contribution in [1.29, 1.82) is 0 Å². The number of carbonyl (C=O) groups excluding carboxylic acids is 3. The molecule has 1 saturated heterocycles. The van der Waals surface area contributed by atoms with Crippen LogP contribution in [0.2, 0.25) is 0 Å². The van der Waals surface area contributed by atoms with Crippen LogP contribution in [0.1, 0.15) is 38.4 Å². The highest BCUT2D eigenvalue weighted by atomic mass is 16.3. The molecule has 1 atom stereocenters. The van der Waals surface area contributed by atoms with E-state index >= 15 is 0 Å². The second-order valence-electron chi connectivity index (χ2n) is 8.12. The Morgan fingerprint density at radius 1 is 1.27 bits per heavy atom. The predicted molar refractivity (Wildman–Crippen MR) is 107 cm³/mol. The van der Waals surface area contributed by atoms with Crippen LogP contribution in [0.5, 0.6) is 0 Å². The van der Waals surface area contributed by atoms with Gasteiger partial charge in [-0.1, -0.05) is 31.0 Å². The van der Waals surface area contributed by atoms with Crippen LogP contribution in [0, 0.1) is 0 Å². The summed E-state index contributed by atoms with van der Waals surface area (Å²) in [4.78, 5) is 43.0. The number of benzene rings is 1. The van der Waals surface area contributed by atoms with E-state index in [0.717, 1.165) is 23.4 Å². The number of β-amino-alcohol motifs (C(OH)–C–C–N with tert-alkyl or cyclic N) is 1. The van der Waals surface area contributed by atoms with Crippen molar-refractivity contribution in [3.8, 4) is 5.69 Å². The quantitative estimate of drug-likeness (QED) is 0.616. The number of hydrogen-bond acceptors (Lipinski definition) is 5. The first-order chi connectivity index (χ1) is 14.3. The van der Waals surface area contributed by atoms with Gasteiger partial charge in [-0.2, -0.15) is 0 Å². The molecule has 1 aliphatic heterocycles. The summed E-state index contributed by atoms with van der Waals surface area (Å²) < 4.78 is 1.83. The summed E-state index contributed by atoms with van der Waals surface area (Å²) in [6, 6.07) is 8.98. The fraction of sp³-hybridized carbons (Fsp3) is 0.429. The van der Waals surface area contributed by atoms with Crippen molar-refractivity contribution in [2.45, 2.75) is 50.3 Å². The Labute approximate surface area is 174 Å². The molecule has 1 unspecified atom stereocenters. The number of para-hydroxylation sites is 1. The number of hydrogen-bond donors (Lipinski definition) is 3. The Kier molecular flexibility index (Phi) is 5.07. The van der Waals surface area contributed by atoms with Crippen molar-refractivity contribution in [2.75, 3.05) is 6.54 Å². The molecular formula is C21H25N5O4. The number of amides is 4. The molecule has 0 bridgehead atoms. The van der Waals surface area contributed by atoms with Gasteiger partial charge in [-0.05, 0) is 31.9 Å². The maximum atomic E-state index is 12.8. The minimum Gasteiger partial charge on any atom is -0.378 e. The summed E-state index contributed by atoms with van der Waals surface area (Å²) in [6.45, 7) is 0.978. The van der Waals surface area contributed by atoms with Crippen molar-refractivity contribution in [3.63, 3.8) is 0 Å². The molecule has 158 valence electrons. The molecule has 1 aliphatic carbocycles. The average Bonchev–Trinajstić information content (AvgIpc) is 3.44. The van der Waals surface area contributed by atoms with Gasteiger partial charge < -0.3 is 20.3 Å². The molecule has 4 rings (SSSR count). The topological polar surface area (TPSA) is 117 Å². The molecule has 1 aromatic carbocycles. The summed E-state index contributed by atoms with van der Waals surface area (Å²) in [7, 11) is 0. The largest absolute Gasteiger partial charge is 0.378 e. The van der Waals surface area contributed by atoms with Gasteiger partial charge >= 0.3 is 6.03 Å². The van der Waals surface area contributed by atoms with Gasteiger partial charge in [-0.25, -0.2) is 9.78 Å². The number of aliphatic hydroxyl groups is 1. The fourth-order valence-electron chi connectivity index (χ4n) is 4.16. The van der Waals surface area contributed by atoms with E-state index in [-0.39, 0.29) is 12.5 Å². The Morgan fingerprint density at radius 3 is 2.67 bits per heavy atom. The standard InChI is InChI=1S/C21H25N5O4/c1-20(30,14-26-18(28)21(24-19(26)29)9-5-6-10-21)17(27)23-13-16-22-11-12-25(16)15-7-3-2-4-8-15/h2-4,7-8,11-12,30H,5-6,9-10,13-14H2,1H3,(H,23,27)(H,24,29). The first-order valence-electron chi connectivity index (χ1n) is 10.0. The number of carbonyl (C=O) groups is 3. The first-order valence-corrected chi connectivity index (χ1v) is 10.0. The number of aromatic nitrogens is 2. The van der Waals surface area contributed by atoms with E-state index in [1.165, 1.54) is 6.92 Å². The number of nitrogens with one attached hydrogen (secondary N) is 2. The predicted octanol–water partition coefficient (Wildman–Crippen LogP) is 1.10. The van der Waals surface area contributed by atoms with Gasteiger partial charge in [-0.15, -0.1) is 0 Å². The minimum atomic E-state index is -1.93. The average molecular weight is 411 g/mol. The van der Waals surface area contributed by atoms with E-state index in [9.17, 15) is 19.5 Å². The third-order valence-corrected chi connectivity index (χ3v) is 5.82. The number of rotatable bonds is 6. The summed E-state index contributed by atoms with van der Waals surface area (Å²) in [5.41, 5.74) is -1.90. The van der Waals surface area contributed by atoms with Crippen molar-refractivity contribution >= 4 is 17.8 Å². The van der Waals surface area contributed by atoms with E-state index in [0.29, 0.717) is 18.7 Å². The third kappa shape index (κ3) is 3.56. The Balaban J connectivity index is 1.41. The van der Waals surface area contributed by atoms with Gasteiger partial charge in [0, 0.05) is 18.1 Å². The maximum absolute atomic E-state index is 12.8. The lowest BCUT2D eigenvalue weighted by Crippen LogP contribution is -2.54. The van der Waals surface area contributed by atoms with Crippen molar-refractivity contribution < 1.29 is 19.5 Å². The van der Waals surface area contributed by atoms with Gasteiger partial charge in [0.15, 0.2) is 5.60 Å². The van der Waals surface area contributed by atoms with Gasteiger partial charge in [0.2, 0.25) is 0 Å². The van der Waals surface area contributed by atoms with Crippen LogP contribution in [0.15, 0.2) is 42.7 Å². The number of imide groups is 1. The van der Waals surface area contributed by atoms with Crippen LogP contribution in [-0.2, 0) is 16.1 Å². The van der Waals surface area contributed by atoms with Crippen LogP contribution in [0.4, 0.5) is 4.79 Å². The van der Waals surface area contributed by atoms with Crippen LogP contribution < -0.4 is 10.6 Å². The molecule has 4 amide bonds. The molecular weight excluding hydrogens is 386 g/mol. The third-order valence-electron chi connectivity index (χ3n) is 5.82. The second kappa shape index (κ2) is 7.56. The molecule has 2 aliphatic rings. The minimum absolute atomic E-state index is 0.0843. The van der Waals surface area contributed by atoms with Gasteiger partial charge in [-0.3, -0.25) is 14.5 Å². The monoisotopic (exact) mass is 411 g/mol. The molecule has 1 saturated carbocycles. The Bertz CT molecular complexity index is 963. The molecule has 1 aromatic heterocycles. The van der Waals surface area contributed by atoms with Crippen LogP contribution in [-0.4, -0.2) is 55.1 Å². The Hall–Kier alpha value is -3.20. The fourth-order valence-corrected chi connectivity index (χ4v) is 4.16. The zero-order chi connectivity index (χ0) is 21.4. The summed E-state index contributed by atoms with van der Waals surface area (Å²) >= 11 is 0. The lowest BCUT2D eigenvalue weighted by molar-refractivity contribution is -0.143. The molecule has 1 spiro atoms. The highest BCUT2D eigenvalue weighted by Crippen LogP contribution is 2.35. The summed E-state index contributed by atoms with van der Waals surface area (Å²) in [5.74, 6) is -0.457. The molecule has 2 heterocycles. The number of urea groups is 1. The van der Waals surface area contributed by atoms with E-state index < -0.39 is 29.6 Å². The van der Waals surface area contributed by atoms with E-state index in [1.807, 2.05) is 34.9 Å². The molecule has 3 N–H and O–H groups in total. The molecule has 0 radical (unpaired) electrons. The SMILES string of the molecule is CC(O)(CN1C(=O)NC2(CCCC2)C1=O)C(=O)NCc1nccn1-c1ccccc1. The smallest absolute Gasteiger partial charge is 0.325 e. The highest BCUT2D eigenvalue weighted by molar-refractivity contribution is 6.07. The first kappa shape index (κ1) is 20.1. The Morgan fingerprint density at radius 2 is 1.97 bits per heavy atom. The van der Waals surface area contributed by atoms with E-state index in [2.05, 4.69) is 15.6 Å². The van der Waals surface area contributed by atoms with Gasteiger partial charge in [0.1, 0.15) is 11.4 Å². The zero-order valence-corrected chi connectivity index (χ0v) is 16.8. The molecule has 2 aromatic rings. The van der Waals surface area contributed by atoms with Crippen LogP contribution in [0.25, 0.3) is 5.69 Å². The zero-order valence-electron chi connectivity index (χ0n) is 16.8. The number of nitrogens with zero attached hydrogens (tertiary/aromatic N) is 3. The second-order valence-corrected chi connectivity index (χ2v) is 8.12. The normalized spacial score (nSPS) is 19.7. The van der Waals surface area contributed by atoms with Crippen LogP contribution >= 0.6 is 0 Å². The van der Waals surface area contributed by atoms with E-state index in [4.69, 9.17) is 0 Å². The van der Waals surface area contributed by atoms with E-state index in [1.54, 1.807) is 12.4 Å². The molecule has 2 fully saturated rings. The van der Waals surface area contributed by atoms with Crippen molar-refractivity contribution in [2.24, 2.45) is 0 Å². The molecule has 30 heavy (non-hydrogen) atoms. The summed E-state index contributed by atoms with van der Waals surface area (Å²) in [6.07, 6.45) is 6.31. The van der Waals surface area contributed by atoms with Crippen LogP contribution in [0.3, 0.4) is 0 Å². The maximum Gasteiger partial charge on any atom is 0.325 e. The summed E-state index contributed by atoms with van der Waals surface area (Å²) in [5, 5.41) is 16.1. The highest BCUT2D eigenvalue weighted by Gasteiger charge is 2.54. The number of imidazole rings is 1. The lowest BCUT2D eigenvalue weighted by atomic mass is 9.97. The molecule has 9 heteroatoms. The van der Waals surface area contributed by atoms with Crippen molar-refractivity contribution in [1.82, 2.24) is 25.1 Å². The van der Waals surface area contributed by atoms with Gasteiger partial charge in [0.05, 0.1) is 13.1 Å². The van der Waals surface area contributed by atoms with Crippen molar-refractivity contribution in [3.05, 3.63) is 48.5 Å².